The molecule has 7 nitrogen and oxygen atoms in total. The first-order chi connectivity index (χ1) is 18.0. The third-order valence-corrected chi connectivity index (χ3v) is 7.08. The number of hydrogen-bond donors (Lipinski definition) is 1. The molecule has 0 bridgehead atoms. The van der Waals surface area contributed by atoms with Crippen molar-refractivity contribution in [1.82, 2.24) is 24.5 Å². The molecule has 0 aliphatic rings. The lowest BCUT2D eigenvalue weighted by Gasteiger charge is -2.22. The average Bonchev–Trinajstić information content (AvgIpc) is 3.40. The van der Waals surface area contributed by atoms with Crippen molar-refractivity contribution in [1.29, 1.82) is 0 Å². The fraction of sp³-hybridized carbons (Fsp3) is 0.107. The second-order valence-corrected chi connectivity index (χ2v) is 9.57. The molecule has 0 saturated heterocycles. The van der Waals surface area contributed by atoms with E-state index in [0.29, 0.717) is 33.4 Å². The Morgan fingerprint density at radius 3 is 2.65 bits per heavy atom. The molecular formula is C28H21FN6OS. The molecule has 37 heavy (non-hydrogen) atoms. The van der Waals surface area contributed by atoms with E-state index in [1.807, 2.05) is 61.5 Å². The van der Waals surface area contributed by atoms with E-state index in [-0.39, 0.29) is 11.6 Å². The first-order valence-corrected chi connectivity index (χ1v) is 12.6. The van der Waals surface area contributed by atoms with E-state index >= 15 is 0 Å². The van der Waals surface area contributed by atoms with Crippen LogP contribution in [-0.2, 0) is 0 Å². The zero-order valence-corrected chi connectivity index (χ0v) is 20.8. The quantitative estimate of drug-likeness (QED) is 0.284. The zero-order chi connectivity index (χ0) is 25.5. The van der Waals surface area contributed by atoms with Gasteiger partial charge in [0.2, 0.25) is 5.95 Å². The lowest BCUT2D eigenvalue weighted by atomic mass is 9.98. The Balaban J connectivity index is 1.57. The Labute approximate surface area is 215 Å². The number of aryl methyl sites for hydroxylation is 1. The summed E-state index contributed by atoms with van der Waals surface area (Å²) in [5.74, 6) is 0.0827. The molecule has 0 aliphatic carbocycles. The number of hydrogen-bond acceptors (Lipinski definition) is 7. The molecule has 4 aromatic heterocycles. The van der Waals surface area contributed by atoms with Crippen LogP contribution in [0.4, 0.5) is 10.2 Å². The average molecular weight is 509 g/mol. The number of nitrogens with one attached hydrogen (secondary N) is 1. The van der Waals surface area contributed by atoms with Gasteiger partial charge in [0.05, 0.1) is 16.9 Å². The van der Waals surface area contributed by atoms with E-state index < -0.39 is 5.95 Å². The van der Waals surface area contributed by atoms with Crippen LogP contribution in [0.25, 0.3) is 37.9 Å². The second kappa shape index (κ2) is 9.18. The molecule has 0 radical (unpaired) electrons. The first-order valence-electron chi connectivity index (χ1n) is 11.7. The number of benzene rings is 2. The zero-order valence-electron chi connectivity index (χ0n) is 20.0. The van der Waals surface area contributed by atoms with Crippen molar-refractivity contribution in [2.75, 3.05) is 5.32 Å². The monoisotopic (exact) mass is 508 g/mol. The lowest BCUT2D eigenvalue weighted by molar-refractivity contribution is 0.575. The smallest absolute Gasteiger partial charge is 0.263 e. The van der Waals surface area contributed by atoms with Crippen molar-refractivity contribution in [3.8, 4) is 16.8 Å². The lowest BCUT2D eigenvalue weighted by Crippen LogP contribution is -2.26. The number of rotatable bonds is 5. The van der Waals surface area contributed by atoms with Gasteiger partial charge in [0, 0.05) is 28.7 Å². The van der Waals surface area contributed by atoms with Gasteiger partial charge in [-0.1, -0.05) is 36.4 Å². The summed E-state index contributed by atoms with van der Waals surface area (Å²) in [6.07, 6.45) is 2.97. The van der Waals surface area contributed by atoms with Gasteiger partial charge in [-0.05, 0) is 49.1 Å². The largest absolute Gasteiger partial charge is 0.360 e. The fourth-order valence-corrected chi connectivity index (χ4v) is 5.20. The van der Waals surface area contributed by atoms with Gasteiger partial charge in [0.15, 0.2) is 5.82 Å². The fourth-order valence-electron chi connectivity index (χ4n) is 4.57. The van der Waals surface area contributed by atoms with Crippen molar-refractivity contribution >= 4 is 38.3 Å². The molecule has 0 spiro atoms. The molecular weight excluding hydrogens is 487 g/mol. The van der Waals surface area contributed by atoms with Gasteiger partial charge in [-0.3, -0.25) is 9.36 Å². The third-order valence-electron chi connectivity index (χ3n) is 6.35. The van der Waals surface area contributed by atoms with Crippen molar-refractivity contribution < 1.29 is 4.39 Å². The van der Waals surface area contributed by atoms with E-state index in [1.165, 1.54) is 23.9 Å². The molecule has 4 heterocycles. The summed E-state index contributed by atoms with van der Waals surface area (Å²) >= 11 is 1.44. The van der Waals surface area contributed by atoms with E-state index in [4.69, 9.17) is 0 Å². The highest BCUT2D eigenvalue weighted by atomic mass is 32.1. The highest BCUT2D eigenvalue weighted by Gasteiger charge is 2.20. The van der Waals surface area contributed by atoms with Gasteiger partial charge in [0.25, 0.3) is 5.56 Å². The van der Waals surface area contributed by atoms with Gasteiger partial charge in [0.1, 0.15) is 16.7 Å². The Kier molecular flexibility index (Phi) is 5.69. The van der Waals surface area contributed by atoms with Crippen molar-refractivity contribution in [3.05, 3.63) is 106 Å². The van der Waals surface area contributed by atoms with Crippen LogP contribution in [0.5, 0.6) is 0 Å². The maximum Gasteiger partial charge on any atom is 0.263 e. The minimum Gasteiger partial charge on any atom is -0.360 e. The highest BCUT2D eigenvalue weighted by Crippen LogP contribution is 2.31. The molecule has 182 valence electrons. The minimum atomic E-state index is -0.521. The molecule has 2 aromatic carbocycles. The highest BCUT2D eigenvalue weighted by molar-refractivity contribution is 7.16. The number of pyridine rings is 2. The molecule has 0 amide bonds. The maximum absolute atomic E-state index is 14.2. The molecule has 9 heteroatoms. The van der Waals surface area contributed by atoms with Crippen LogP contribution < -0.4 is 10.9 Å². The van der Waals surface area contributed by atoms with Crippen LogP contribution in [0.15, 0.2) is 83.5 Å². The molecule has 0 unspecified atom stereocenters. The molecule has 1 atom stereocenters. The standard InChI is InChI=1S/C28H21FN6OS/c1-16-11-19(13-30-25(16)29)21-10-6-7-18-12-22(35(28(36)23(18)21)20-8-4-3-5-9-20)17(2)34-26-24-27(32-14-31-26)37-15-33-24/h3-15,17H,1-2H3,(H,31,32,34)/t17-/m0/s1. The van der Waals surface area contributed by atoms with E-state index in [0.717, 1.165) is 21.6 Å². The second-order valence-electron chi connectivity index (χ2n) is 8.74. The van der Waals surface area contributed by atoms with Crippen LogP contribution in [0.1, 0.15) is 24.2 Å². The van der Waals surface area contributed by atoms with E-state index in [2.05, 4.69) is 25.3 Å². The van der Waals surface area contributed by atoms with Gasteiger partial charge in [-0.15, -0.1) is 11.3 Å². The summed E-state index contributed by atoms with van der Waals surface area (Å²) < 4.78 is 15.6. The Bertz CT molecular complexity index is 1830. The summed E-state index contributed by atoms with van der Waals surface area (Å²) in [6.45, 7) is 3.65. The predicted octanol–water partition coefficient (Wildman–Crippen LogP) is 6.07. The molecule has 0 aliphatic heterocycles. The SMILES string of the molecule is Cc1cc(-c2cccc3cc([C@H](C)Nc4ncnc5scnc45)n(-c4ccccc4)c(=O)c23)cnc1F. The number of anilines is 1. The summed E-state index contributed by atoms with van der Waals surface area (Å²) in [4.78, 5) is 32.0. The summed E-state index contributed by atoms with van der Waals surface area (Å²) in [5, 5.41) is 4.75. The summed E-state index contributed by atoms with van der Waals surface area (Å²) in [5.41, 5.74) is 5.56. The minimum absolute atomic E-state index is 0.175. The van der Waals surface area contributed by atoms with Crippen LogP contribution in [-0.4, -0.2) is 24.5 Å². The van der Waals surface area contributed by atoms with Gasteiger partial charge < -0.3 is 5.32 Å². The summed E-state index contributed by atoms with van der Waals surface area (Å²) in [6, 6.07) is 18.6. The van der Waals surface area contributed by atoms with E-state index in [9.17, 15) is 9.18 Å². The topological polar surface area (TPSA) is 85.6 Å². The maximum atomic E-state index is 14.2. The Morgan fingerprint density at radius 1 is 1.00 bits per heavy atom. The summed E-state index contributed by atoms with van der Waals surface area (Å²) in [7, 11) is 0. The van der Waals surface area contributed by atoms with Crippen LogP contribution in [0.3, 0.4) is 0 Å². The predicted molar refractivity (Wildman–Crippen MR) is 145 cm³/mol. The van der Waals surface area contributed by atoms with Gasteiger partial charge in [-0.2, -0.15) is 4.39 Å². The Hall–Kier alpha value is -4.50. The van der Waals surface area contributed by atoms with Crippen LogP contribution in [0.2, 0.25) is 0 Å². The molecule has 0 fully saturated rings. The number of para-hydroxylation sites is 1. The number of nitrogens with zero attached hydrogens (tertiary/aromatic N) is 5. The number of fused-ring (bicyclic) bond motifs is 2. The van der Waals surface area contributed by atoms with Crippen LogP contribution >= 0.6 is 11.3 Å². The van der Waals surface area contributed by atoms with Crippen molar-refractivity contribution in [2.45, 2.75) is 19.9 Å². The van der Waals surface area contributed by atoms with Crippen molar-refractivity contribution in [2.24, 2.45) is 0 Å². The first kappa shape index (κ1) is 22.9. The van der Waals surface area contributed by atoms with Crippen molar-refractivity contribution in [3.63, 3.8) is 0 Å². The van der Waals surface area contributed by atoms with Gasteiger partial charge >= 0.3 is 0 Å². The van der Waals surface area contributed by atoms with Crippen LogP contribution in [0, 0.1) is 12.9 Å². The Morgan fingerprint density at radius 2 is 1.84 bits per heavy atom. The number of halogens is 1. The molecule has 6 aromatic rings. The molecule has 0 saturated carbocycles. The number of aromatic nitrogens is 5. The molecule has 6 rings (SSSR count). The van der Waals surface area contributed by atoms with Gasteiger partial charge in [-0.25, -0.2) is 19.9 Å². The molecule has 1 N–H and O–H groups in total. The normalized spacial score (nSPS) is 12.2. The van der Waals surface area contributed by atoms with E-state index in [1.54, 1.807) is 23.1 Å². The number of thiazole rings is 1. The third kappa shape index (κ3) is 4.03.